The molecule has 0 radical (unpaired) electrons. The molecule has 28 heavy (non-hydrogen) atoms. The maximum atomic E-state index is 13.5. The first-order chi connectivity index (χ1) is 13.0. The SMILES string of the molecule is O=C(c1cnc(Nc2cccc(Cl)c2)nc1C(F)(F)F)N1CCS(=O)(=O)CC1. The van der Waals surface area contributed by atoms with E-state index in [1.165, 1.54) is 6.07 Å². The Kier molecular flexibility index (Phi) is 5.48. The number of carbonyl (C=O) groups excluding carboxylic acids is 1. The number of aromatic nitrogens is 2. The first-order valence-electron chi connectivity index (χ1n) is 8.02. The van der Waals surface area contributed by atoms with E-state index in [1.807, 2.05) is 0 Å². The highest BCUT2D eigenvalue weighted by atomic mass is 35.5. The number of benzene rings is 1. The fraction of sp³-hybridized carbons (Fsp3) is 0.312. The molecule has 1 aromatic heterocycles. The molecule has 0 saturated carbocycles. The van der Waals surface area contributed by atoms with Crippen LogP contribution in [0.25, 0.3) is 0 Å². The number of rotatable bonds is 3. The lowest BCUT2D eigenvalue weighted by Crippen LogP contribution is -2.44. The van der Waals surface area contributed by atoms with E-state index in [9.17, 15) is 26.4 Å². The van der Waals surface area contributed by atoms with Crippen molar-refractivity contribution in [1.82, 2.24) is 14.9 Å². The van der Waals surface area contributed by atoms with Crippen LogP contribution in [0.5, 0.6) is 0 Å². The average molecular weight is 435 g/mol. The molecule has 1 aliphatic heterocycles. The van der Waals surface area contributed by atoms with Gasteiger partial charge in [0, 0.05) is 30.0 Å². The summed E-state index contributed by atoms with van der Waals surface area (Å²) in [5, 5.41) is 2.97. The van der Waals surface area contributed by atoms with Crippen LogP contribution in [0.4, 0.5) is 24.8 Å². The predicted molar refractivity (Wildman–Crippen MR) is 96.3 cm³/mol. The lowest BCUT2D eigenvalue weighted by molar-refractivity contribution is -0.141. The number of nitrogens with one attached hydrogen (secondary N) is 1. The van der Waals surface area contributed by atoms with Crippen LogP contribution in [0.15, 0.2) is 30.5 Å². The molecular weight excluding hydrogens is 421 g/mol. The molecule has 0 atom stereocenters. The van der Waals surface area contributed by atoms with Crippen LogP contribution >= 0.6 is 11.6 Å². The highest BCUT2D eigenvalue weighted by molar-refractivity contribution is 7.91. The van der Waals surface area contributed by atoms with Crippen LogP contribution in [0.3, 0.4) is 0 Å². The Balaban J connectivity index is 1.90. The minimum Gasteiger partial charge on any atom is -0.336 e. The van der Waals surface area contributed by atoms with Gasteiger partial charge >= 0.3 is 6.18 Å². The van der Waals surface area contributed by atoms with E-state index in [0.29, 0.717) is 10.7 Å². The van der Waals surface area contributed by atoms with Crippen LogP contribution < -0.4 is 5.32 Å². The van der Waals surface area contributed by atoms with Gasteiger partial charge in [-0.15, -0.1) is 0 Å². The number of halogens is 4. The van der Waals surface area contributed by atoms with Crippen LogP contribution in [-0.4, -0.2) is 53.8 Å². The second kappa shape index (κ2) is 7.55. The predicted octanol–water partition coefficient (Wildman–Crippen LogP) is 2.76. The van der Waals surface area contributed by atoms with Crippen LogP contribution in [0.2, 0.25) is 5.02 Å². The van der Waals surface area contributed by atoms with Crippen molar-refractivity contribution in [1.29, 1.82) is 0 Å². The molecule has 3 rings (SSSR count). The van der Waals surface area contributed by atoms with Crippen LogP contribution in [0.1, 0.15) is 16.1 Å². The van der Waals surface area contributed by atoms with Crippen molar-refractivity contribution in [3.63, 3.8) is 0 Å². The monoisotopic (exact) mass is 434 g/mol. The fourth-order valence-electron chi connectivity index (χ4n) is 2.60. The lowest BCUT2D eigenvalue weighted by atomic mass is 10.2. The van der Waals surface area contributed by atoms with E-state index in [4.69, 9.17) is 11.6 Å². The molecular formula is C16H14ClF3N4O3S. The highest BCUT2D eigenvalue weighted by Crippen LogP contribution is 2.32. The van der Waals surface area contributed by atoms with Gasteiger partial charge in [0.15, 0.2) is 15.5 Å². The number of anilines is 2. The Morgan fingerprint density at radius 3 is 2.50 bits per heavy atom. The molecule has 1 amide bonds. The van der Waals surface area contributed by atoms with Crippen molar-refractivity contribution >= 4 is 39.0 Å². The van der Waals surface area contributed by atoms with Crippen molar-refractivity contribution in [3.05, 3.63) is 46.7 Å². The zero-order valence-corrected chi connectivity index (χ0v) is 15.8. The van der Waals surface area contributed by atoms with Crippen molar-refractivity contribution in [2.75, 3.05) is 29.9 Å². The Labute approximate surface area is 163 Å². The molecule has 0 bridgehead atoms. The largest absolute Gasteiger partial charge is 0.434 e. The van der Waals surface area contributed by atoms with E-state index in [0.717, 1.165) is 11.1 Å². The molecule has 150 valence electrons. The summed E-state index contributed by atoms with van der Waals surface area (Å²) < 4.78 is 63.4. The summed E-state index contributed by atoms with van der Waals surface area (Å²) in [5.41, 5.74) is -1.75. The second-order valence-corrected chi connectivity index (χ2v) is 8.77. The third-order valence-corrected chi connectivity index (χ3v) is 5.84. The van der Waals surface area contributed by atoms with Crippen molar-refractivity contribution in [2.24, 2.45) is 0 Å². The molecule has 0 aliphatic carbocycles. The van der Waals surface area contributed by atoms with Crippen molar-refractivity contribution in [2.45, 2.75) is 6.18 Å². The maximum Gasteiger partial charge on any atom is 0.434 e. The standard InChI is InChI=1S/C16H14ClF3N4O3S/c17-10-2-1-3-11(8-10)22-15-21-9-12(13(23-15)16(18,19)20)14(25)24-4-6-28(26,27)7-5-24/h1-3,8-9H,4-7H2,(H,21,22,23). The van der Waals surface area contributed by atoms with Gasteiger partial charge in [0.25, 0.3) is 5.91 Å². The number of nitrogens with zero attached hydrogens (tertiary/aromatic N) is 3. The quantitative estimate of drug-likeness (QED) is 0.798. The number of sulfone groups is 1. The van der Waals surface area contributed by atoms with Crippen molar-refractivity contribution < 1.29 is 26.4 Å². The Morgan fingerprint density at radius 1 is 1.21 bits per heavy atom. The van der Waals surface area contributed by atoms with E-state index >= 15 is 0 Å². The summed E-state index contributed by atoms with van der Waals surface area (Å²) in [6, 6.07) is 6.23. The third kappa shape index (κ3) is 4.71. The van der Waals surface area contributed by atoms with E-state index in [2.05, 4.69) is 15.3 Å². The van der Waals surface area contributed by atoms with Gasteiger partial charge in [-0.25, -0.2) is 18.4 Å². The van der Waals surface area contributed by atoms with Gasteiger partial charge in [-0.05, 0) is 18.2 Å². The smallest absolute Gasteiger partial charge is 0.336 e. The summed E-state index contributed by atoms with van der Waals surface area (Å²) in [6.45, 7) is -0.359. The van der Waals surface area contributed by atoms with Crippen LogP contribution in [-0.2, 0) is 16.0 Å². The highest BCUT2D eigenvalue weighted by Gasteiger charge is 2.39. The Bertz CT molecular complexity index is 1000. The Hall–Kier alpha value is -2.40. The maximum absolute atomic E-state index is 13.5. The first kappa shape index (κ1) is 20.3. The molecule has 12 heteroatoms. The number of amides is 1. The van der Waals surface area contributed by atoms with Gasteiger partial charge in [-0.2, -0.15) is 13.2 Å². The molecule has 1 fully saturated rings. The zero-order valence-electron chi connectivity index (χ0n) is 14.2. The Morgan fingerprint density at radius 2 is 1.89 bits per heavy atom. The van der Waals surface area contributed by atoms with Gasteiger partial charge in [0.05, 0.1) is 17.1 Å². The van der Waals surface area contributed by atoms with Gasteiger partial charge < -0.3 is 10.2 Å². The topological polar surface area (TPSA) is 92.3 Å². The van der Waals surface area contributed by atoms with Crippen molar-refractivity contribution in [3.8, 4) is 0 Å². The van der Waals surface area contributed by atoms with Crippen LogP contribution in [0, 0.1) is 0 Å². The molecule has 1 saturated heterocycles. The molecule has 1 N–H and O–H groups in total. The third-order valence-electron chi connectivity index (χ3n) is 4.00. The van der Waals surface area contributed by atoms with Gasteiger partial charge in [0.1, 0.15) is 0 Å². The summed E-state index contributed by atoms with van der Waals surface area (Å²) in [4.78, 5) is 20.8. The summed E-state index contributed by atoms with van der Waals surface area (Å²) in [5.74, 6) is -1.91. The molecule has 1 aliphatic rings. The fourth-order valence-corrected chi connectivity index (χ4v) is 3.99. The zero-order chi connectivity index (χ0) is 20.5. The molecule has 0 unspecified atom stereocenters. The number of alkyl halides is 3. The number of hydrogen-bond acceptors (Lipinski definition) is 6. The summed E-state index contributed by atoms with van der Waals surface area (Å²) in [6.07, 6.45) is -4.12. The summed E-state index contributed by atoms with van der Waals surface area (Å²) in [7, 11) is -3.28. The minimum atomic E-state index is -4.90. The van der Waals surface area contributed by atoms with E-state index < -0.39 is 33.2 Å². The molecule has 2 heterocycles. The molecule has 2 aromatic rings. The lowest BCUT2D eigenvalue weighted by Gasteiger charge is -2.27. The average Bonchev–Trinajstić information content (AvgIpc) is 2.60. The molecule has 0 spiro atoms. The molecule has 1 aromatic carbocycles. The number of carbonyl (C=O) groups is 1. The minimum absolute atomic E-state index is 0.180. The van der Waals surface area contributed by atoms with E-state index in [-0.39, 0.29) is 30.5 Å². The first-order valence-corrected chi connectivity index (χ1v) is 10.2. The summed E-state index contributed by atoms with van der Waals surface area (Å²) >= 11 is 5.83. The normalized spacial score (nSPS) is 16.6. The van der Waals surface area contributed by atoms with E-state index in [1.54, 1.807) is 18.2 Å². The second-order valence-electron chi connectivity index (χ2n) is 6.03. The van der Waals surface area contributed by atoms with Gasteiger partial charge in [-0.3, -0.25) is 4.79 Å². The number of hydrogen-bond donors (Lipinski definition) is 1. The van der Waals surface area contributed by atoms with Gasteiger partial charge in [0.2, 0.25) is 5.95 Å². The van der Waals surface area contributed by atoms with Gasteiger partial charge in [-0.1, -0.05) is 17.7 Å². The molecule has 7 nitrogen and oxygen atoms in total.